The zero-order valence-electron chi connectivity index (χ0n) is 11.4. The Labute approximate surface area is 105 Å². The lowest BCUT2D eigenvalue weighted by molar-refractivity contribution is 0.357. The third-order valence-corrected chi connectivity index (χ3v) is 3.63. The number of aryl methyl sites for hydroxylation is 2. The van der Waals surface area contributed by atoms with Gasteiger partial charge in [-0.15, -0.1) is 0 Å². The summed E-state index contributed by atoms with van der Waals surface area (Å²) in [7, 11) is 0. The van der Waals surface area contributed by atoms with E-state index >= 15 is 0 Å². The van der Waals surface area contributed by atoms with Crippen LogP contribution in [0, 0.1) is 12.8 Å². The molecule has 0 spiro atoms. The summed E-state index contributed by atoms with van der Waals surface area (Å²) in [6.45, 7) is 7.70. The van der Waals surface area contributed by atoms with Crippen LogP contribution in [0.15, 0.2) is 6.20 Å². The number of nitrogens with zero attached hydrogens (tertiary/aromatic N) is 2. The predicted octanol–water partition coefficient (Wildman–Crippen LogP) is 3.59. The van der Waals surface area contributed by atoms with Crippen molar-refractivity contribution < 1.29 is 0 Å². The third-order valence-electron chi connectivity index (χ3n) is 3.63. The molecule has 0 aliphatic heterocycles. The summed E-state index contributed by atoms with van der Waals surface area (Å²) in [4.78, 5) is 4.60. The molecule has 2 atom stereocenters. The van der Waals surface area contributed by atoms with E-state index in [0.717, 1.165) is 30.5 Å². The number of rotatable bonds is 4. The van der Waals surface area contributed by atoms with Gasteiger partial charge in [0.25, 0.3) is 0 Å². The number of nitrogens with one attached hydrogen (secondary N) is 1. The minimum atomic E-state index is 0.621. The van der Waals surface area contributed by atoms with Crippen LogP contribution in [0.25, 0.3) is 0 Å². The fourth-order valence-corrected chi connectivity index (χ4v) is 2.82. The van der Waals surface area contributed by atoms with Crippen LogP contribution in [-0.4, -0.2) is 15.6 Å². The standard InChI is InChI=1S/C14H25N3/c1-4-8-17-10-12(3)15-14(17)16-13-7-5-6-11(2)9-13/h10-11,13H,4-9H2,1-3H3,(H,15,16). The van der Waals surface area contributed by atoms with Crippen LogP contribution in [0.3, 0.4) is 0 Å². The second kappa shape index (κ2) is 5.56. The number of imidazole rings is 1. The third kappa shape index (κ3) is 3.24. The van der Waals surface area contributed by atoms with Gasteiger partial charge in [-0.1, -0.05) is 26.7 Å². The van der Waals surface area contributed by atoms with Crippen LogP contribution in [0.2, 0.25) is 0 Å². The lowest BCUT2D eigenvalue weighted by Gasteiger charge is -2.28. The van der Waals surface area contributed by atoms with E-state index in [1.165, 1.54) is 25.7 Å². The molecule has 3 heteroatoms. The molecule has 1 aliphatic rings. The fraction of sp³-hybridized carbons (Fsp3) is 0.786. The molecule has 1 N–H and O–H groups in total. The van der Waals surface area contributed by atoms with Gasteiger partial charge >= 0.3 is 0 Å². The van der Waals surface area contributed by atoms with Crippen LogP contribution in [0.4, 0.5) is 5.95 Å². The molecule has 0 radical (unpaired) electrons. The predicted molar refractivity (Wildman–Crippen MR) is 72.3 cm³/mol. The van der Waals surface area contributed by atoms with E-state index in [0.29, 0.717) is 6.04 Å². The van der Waals surface area contributed by atoms with Crippen molar-refractivity contribution in [2.75, 3.05) is 5.32 Å². The molecule has 3 nitrogen and oxygen atoms in total. The summed E-state index contributed by atoms with van der Waals surface area (Å²) in [5.74, 6) is 1.93. The summed E-state index contributed by atoms with van der Waals surface area (Å²) in [5.41, 5.74) is 1.12. The summed E-state index contributed by atoms with van der Waals surface area (Å²) in [6, 6.07) is 0.621. The molecule has 1 saturated carbocycles. The quantitative estimate of drug-likeness (QED) is 0.864. The van der Waals surface area contributed by atoms with E-state index < -0.39 is 0 Å². The summed E-state index contributed by atoms with van der Waals surface area (Å²) >= 11 is 0. The monoisotopic (exact) mass is 235 g/mol. The topological polar surface area (TPSA) is 29.9 Å². The van der Waals surface area contributed by atoms with Crippen molar-refractivity contribution in [3.8, 4) is 0 Å². The van der Waals surface area contributed by atoms with Crippen molar-refractivity contribution in [1.29, 1.82) is 0 Å². The molecule has 2 unspecified atom stereocenters. The second-order valence-electron chi connectivity index (χ2n) is 5.51. The fourth-order valence-electron chi connectivity index (χ4n) is 2.82. The second-order valence-corrected chi connectivity index (χ2v) is 5.51. The van der Waals surface area contributed by atoms with Gasteiger partial charge in [0.05, 0.1) is 5.69 Å². The Kier molecular flexibility index (Phi) is 4.08. The van der Waals surface area contributed by atoms with Crippen molar-refractivity contribution in [3.05, 3.63) is 11.9 Å². The SMILES string of the molecule is CCCn1cc(C)nc1NC1CCCC(C)C1. The van der Waals surface area contributed by atoms with Gasteiger partial charge in [-0.3, -0.25) is 0 Å². The van der Waals surface area contributed by atoms with Crippen LogP contribution in [0.1, 0.15) is 51.6 Å². The smallest absolute Gasteiger partial charge is 0.203 e. The largest absolute Gasteiger partial charge is 0.353 e. The highest BCUT2D eigenvalue weighted by Crippen LogP contribution is 2.26. The molecule has 1 fully saturated rings. The first-order valence-electron chi connectivity index (χ1n) is 6.99. The van der Waals surface area contributed by atoms with Gasteiger partial charge < -0.3 is 9.88 Å². The molecule has 0 saturated heterocycles. The molecule has 0 aromatic carbocycles. The molecular weight excluding hydrogens is 210 g/mol. The summed E-state index contributed by atoms with van der Waals surface area (Å²) in [5, 5.41) is 3.64. The van der Waals surface area contributed by atoms with Crippen LogP contribution < -0.4 is 5.32 Å². The van der Waals surface area contributed by atoms with Gasteiger partial charge in [-0.05, 0) is 32.1 Å². The zero-order valence-corrected chi connectivity index (χ0v) is 11.4. The zero-order chi connectivity index (χ0) is 12.3. The highest BCUT2D eigenvalue weighted by molar-refractivity contribution is 5.30. The highest BCUT2D eigenvalue weighted by Gasteiger charge is 2.20. The normalized spacial score (nSPS) is 24.9. The van der Waals surface area contributed by atoms with E-state index in [9.17, 15) is 0 Å². The number of aromatic nitrogens is 2. The first-order valence-corrected chi connectivity index (χ1v) is 6.99. The maximum atomic E-state index is 4.60. The maximum absolute atomic E-state index is 4.60. The molecule has 17 heavy (non-hydrogen) atoms. The average molecular weight is 235 g/mol. The number of hydrogen-bond donors (Lipinski definition) is 1. The van der Waals surface area contributed by atoms with Gasteiger partial charge in [-0.2, -0.15) is 0 Å². The van der Waals surface area contributed by atoms with Crippen molar-refractivity contribution in [3.63, 3.8) is 0 Å². The Hall–Kier alpha value is -0.990. The molecule has 96 valence electrons. The van der Waals surface area contributed by atoms with Crippen molar-refractivity contribution in [2.24, 2.45) is 5.92 Å². The van der Waals surface area contributed by atoms with E-state index in [4.69, 9.17) is 0 Å². The Bertz CT molecular complexity index is 356. The molecule has 1 heterocycles. The molecule has 0 bridgehead atoms. The van der Waals surface area contributed by atoms with Crippen molar-refractivity contribution in [2.45, 2.75) is 65.5 Å². The summed E-state index contributed by atoms with van der Waals surface area (Å²) < 4.78 is 2.26. The number of hydrogen-bond acceptors (Lipinski definition) is 2. The minimum Gasteiger partial charge on any atom is -0.353 e. The minimum absolute atomic E-state index is 0.621. The van der Waals surface area contributed by atoms with Crippen LogP contribution in [-0.2, 0) is 6.54 Å². The Morgan fingerprint density at radius 3 is 3.00 bits per heavy atom. The Morgan fingerprint density at radius 2 is 2.29 bits per heavy atom. The first-order chi connectivity index (χ1) is 8.19. The molecule has 1 aromatic rings. The van der Waals surface area contributed by atoms with Gasteiger partial charge in [0, 0.05) is 18.8 Å². The molecule has 1 aromatic heterocycles. The maximum Gasteiger partial charge on any atom is 0.203 e. The molecule has 0 amide bonds. The number of anilines is 1. The van der Waals surface area contributed by atoms with E-state index in [-0.39, 0.29) is 0 Å². The Morgan fingerprint density at radius 1 is 1.47 bits per heavy atom. The van der Waals surface area contributed by atoms with Crippen molar-refractivity contribution in [1.82, 2.24) is 9.55 Å². The van der Waals surface area contributed by atoms with Gasteiger partial charge in [0.15, 0.2) is 0 Å². The molecular formula is C14H25N3. The first kappa shape index (κ1) is 12.5. The lowest BCUT2D eigenvalue weighted by Crippen LogP contribution is -2.27. The van der Waals surface area contributed by atoms with E-state index in [2.05, 4.69) is 41.8 Å². The Balaban J connectivity index is 2.01. The highest BCUT2D eigenvalue weighted by atomic mass is 15.2. The van der Waals surface area contributed by atoms with E-state index in [1.807, 2.05) is 0 Å². The summed E-state index contributed by atoms with van der Waals surface area (Å²) in [6.07, 6.45) is 8.64. The lowest BCUT2D eigenvalue weighted by atomic mass is 9.87. The van der Waals surface area contributed by atoms with Gasteiger partial charge in [0.2, 0.25) is 5.95 Å². The van der Waals surface area contributed by atoms with Gasteiger partial charge in [-0.25, -0.2) is 4.98 Å². The van der Waals surface area contributed by atoms with Crippen molar-refractivity contribution >= 4 is 5.95 Å². The van der Waals surface area contributed by atoms with Crippen LogP contribution in [0.5, 0.6) is 0 Å². The molecule has 1 aliphatic carbocycles. The van der Waals surface area contributed by atoms with Gasteiger partial charge in [0.1, 0.15) is 0 Å². The van der Waals surface area contributed by atoms with Crippen LogP contribution >= 0.6 is 0 Å². The average Bonchev–Trinajstić information content (AvgIpc) is 2.59. The van der Waals surface area contributed by atoms with E-state index in [1.54, 1.807) is 0 Å². The molecule has 2 rings (SSSR count).